The van der Waals surface area contributed by atoms with Gasteiger partial charge in [0.1, 0.15) is 17.4 Å². The molecular weight excluding hydrogens is 438 g/mol. The third kappa shape index (κ3) is 4.29. The topological polar surface area (TPSA) is 58.6 Å². The number of anilines is 2. The van der Waals surface area contributed by atoms with E-state index < -0.39 is 17.3 Å². The van der Waals surface area contributed by atoms with Crippen molar-refractivity contribution in [3.05, 3.63) is 88.4 Å². The number of hydrogen-bond donors (Lipinski definition) is 1. The lowest BCUT2D eigenvalue weighted by Gasteiger charge is -2.39. The maximum atomic E-state index is 13.4. The SMILES string of the molecule is CC1(C)Oc2ccc(C(=O)Nc3ccc(F)c(Cl)c3)cc2N(Cc2ccc(F)cc2)C1=O. The minimum atomic E-state index is -1.11. The van der Waals surface area contributed by atoms with Crippen molar-refractivity contribution < 1.29 is 23.1 Å². The fourth-order valence-corrected chi connectivity index (χ4v) is 3.60. The Kier molecular flexibility index (Phi) is 5.60. The van der Waals surface area contributed by atoms with Crippen LogP contribution >= 0.6 is 11.6 Å². The molecule has 0 spiro atoms. The molecule has 164 valence electrons. The van der Waals surface area contributed by atoms with Crippen LogP contribution in [0.25, 0.3) is 0 Å². The van der Waals surface area contributed by atoms with Gasteiger partial charge >= 0.3 is 0 Å². The van der Waals surface area contributed by atoms with Gasteiger partial charge in [0.25, 0.3) is 11.8 Å². The summed E-state index contributed by atoms with van der Waals surface area (Å²) in [5.41, 5.74) is 0.629. The molecule has 0 unspecified atom stereocenters. The Morgan fingerprint density at radius 2 is 1.78 bits per heavy atom. The lowest BCUT2D eigenvalue weighted by atomic mass is 10.0. The van der Waals surface area contributed by atoms with Gasteiger partial charge in [-0.15, -0.1) is 0 Å². The minimum Gasteiger partial charge on any atom is -0.476 e. The van der Waals surface area contributed by atoms with Gasteiger partial charge < -0.3 is 15.0 Å². The second-order valence-electron chi connectivity index (χ2n) is 7.90. The van der Waals surface area contributed by atoms with Crippen molar-refractivity contribution in [1.29, 1.82) is 0 Å². The second kappa shape index (κ2) is 8.24. The lowest BCUT2D eigenvalue weighted by molar-refractivity contribution is -0.132. The molecule has 4 rings (SSSR count). The Labute approximate surface area is 188 Å². The predicted molar refractivity (Wildman–Crippen MR) is 118 cm³/mol. The van der Waals surface area contributed by atoms with Crippen LogP contribution in [0.4, 0.5) is 20.2 Å². The van der Waals surface area contributed by atoms with Crippen LogP contribution in [0.3, 0.4) is 0 Å². The number of halogens is 3. The summed E-state index contributed by atoms with van der Waals surface area (Å²) in [6, 6.07) is 14.4. The van der Waals surface area contributed by atoms with E-state index in [1.807, 2.05) is 0 Å². The molecule has 2 amide bonds. The summed E-state index contributed by atoms with van der Waals surface area (Å²) in [6.45, 7) is 3.50. The van der Waals surface area contributed by atoms with Crippen LogP contribution in [0.5, 0.6) is 5.75 Å². The molecule has 1 aliphatic rings. The van der Waals surface area contributed by atoms with Gasteiger partial charge in [-0.3, -0.25) is 9.59 Å². The van der Waals surface area contributed by atoms with Crippen molar-refractivity contribution in [3.8, 4) is 5.75 Å². The van der Waals surface area contributed by atoms with E-state index >= 15 is 0 Å². The number of fused-ring (bicyclic) bond motifs is 1. The summed E-state index contributed by atoms with van der Waals surface area (Å²) in [6.07, 6.45) is 0. The highest BCUT2D eigenvalue weighted by Gasteiger charge is 2.41. The number of carbonyl (C=O) groups is 2. The van der Waals surface area contributed by atoms with Gasteiger partial charge in [-0.2, -0.15) is 0 Å². The van der Waals surface area contributed by atoms with Crippen LogP contribution in [0.1, 0.15) is 29.8 Å². The molecule has 5 nitrogen and oxygen atoms in total. The molecule has 0 bridgehead atoms. The Morgan fingerprint density at radius 3 is 2.47 bits per heavy atom. The number of carbonyl (C=O) groups excluding carboxylic acids is 2. The van der Waals surface area contributed by atoms with E-state index in [1.165, 1.54) is 29.2 Å². The zero-order chi connectivity index (χ0) is 23.0. The summed E-state index contributed by atoms with van der Waals surface area (Å²) < 4.78 is 32.5. The average molecular weight is 457 g/mol. The fraction of sp³-hybridized carbons (Fsp3) is 0.167. The van der Waals surface area contributed by atoms with Crippen LogP contribution in [-0.4, -0.2) is 17.4 Å². The Bertz CT molecular complexity index is 1210. The minimum absolute atomic E-state index is 0.111. The van der Waals surface area contributed by atoms with Crippen molar-refractivity contribution in [2.24, 2.45) is 0 Å². The normalized spacial score (nSPS) is 14.5. The van der Waals surface area contributed by atoms with Crippen molar-refractivity contribution >= 4 is 34.8 Å². The average Bonchev–Trinajstić information content (AvgIpc) is 2.75. The number of nitrogens with one attached hydrogen (secondary N) is 1. The van der Waals surface area contributed by atoms with Gasteiger partial charge in [-0.05, 0) is 67.9 Å². The summed E-state index contributed by atoms with van der Waals surface area (Å²) in [4.78, 5) is 27.4. The Morgan fingerprint density at radius 1 is 1.06 bits per heavy atom. The van der Waals surface area contributed by atoms with Crippen LogP contribution in [-0.2, 0) is 11.3 Å². The number of amides is 2. The zero-order valence-corrected chi connectivity index (χ0v) is 18.0. The van der Waals surface area contributed by atoms with Gasteiger partial charge in [0, 0.05) is 11.3 Å². The fourth-order valence-electron chi connectivity index (χ4n) is 3.42. The number of benzene rings is 3. The highest BCUT2D eigenvalue weighted by atomic mass is 35.5. The standard InChI is InChI=1S/C24H19ClF2N2O3/c1-24(2)23(31)29(13-14-3-6-16(26)7-4-14)20-11-15(5-10-21(20)32-24)22(30)28-17-8-9-19(27)18(25)12-17/h3-12H,13H2,1-2H3,(H,28,30). The molecule has 1 heterocycles. The van der Waals surface area contributed by atoms with Crippen LogP contribution in [0.15, 0.2) is 60.7 Å². The number of nitrogens with zero attached hydrogens (tertiary/aromatic N) is 1. The van der Waals surface area contributed by atoms with E-state index in [-0.39, 0.29) is 28.9 Å². The van der Waals surface area contributed by atoms with Crippen molar-refractivity contribution in [3.63, 3.8) is 0 Å². The molecule has 3 aromatic carbocycles. The summed E-state index contributed by atoms with van der Waals surface area (Å²) in [5.74, 6) is -1.28. The predicted octanol–water partition coefficient (Wildman–Crippen LogP) is 5.57. The first-order chi connectivity index (χ1) is 15.1. The van der Waals surface area contributed by atoms with Crippen molar-refractivity contribution in [1.82, 2.24) is 0 Å². The molecule has 0 aromatic heterocycles. The van der Waals surface area contributed by atoms with Gasteiger partial charge in [-0.1, -0.05) is 23.7 Å². The molecule has 3 aromatic rings. The van der Waals surface area contributed by atoms with Gasteiger partial charge in [-0.25, -0.2) is 8.78 Å². The molecule has 0 fully saturated rings. The molecule has 8 heteroatoms. The van der Waals surface area contributed by atoms with Crippen molar-refractivity contribution in [2.45, 2.75) is 26.0 Å². The van der Waals surface area contributed by atoms with E-state index in [1.54, 1.807) is 44.2 Å². The maximum Gasteiger partial charge on any atom is 0.271 e. The Hall–Kier alpha value is -3.45. The largest absolute Gasteiger partial charge is 0.476 e. The maximum absolute atomic E-state index is 13.4. The highest BCUT2D eigenvalue weighted by molar-refractivity contribution is 6.31. The monoisotopic (exact) mass is 456 g/mol. The first kappa shape index (κ1) is 21.8. The van der Waals surface area contributed by atoms with Gasteiger partial charge in [0.15, 0.2) is 5.60 Å². The number of hydrogen-bond acceptors (Lipinski definition) is 3. The van der Waals surface area contributed by atoms with Crippen LogP contribution in [0.2, 0.25) is 5.02 Å². The molecule has 1 aliphatic heterocycles. The third-order valence-electron chi connectivity index (χ3n) is 5.07. The molecule has 32 heavy (non-hydrogen) atoms. The second-order valence-corrected chi connectivity index (χ2v) is 8.30. The van der Waals surface area contributed by atoms with Crippen molar-refractivity contribution in [2.75, 3.05) is 10.2 Å². The van der Waals surface area contributed by atoms with Gasteiger partial charge in [0.2, 0.25) is 0 Å². The van der Waals surface area contributed by atoms with E-state index in [4.69, 9.17) is 16.3 Å². The third-order valence-corrected chi connectivity index (χ3v) is 5.36. The first-order valence-corrected chi connectivity index (χ1v) is 10.2. The van der Waals surface area contributed by atoms with Crippen LogP contribution < -0.4 is 15.0 Å². The van der Waals surface area contributed by atoms with E-state index in [9.17, 15) is 18.4 Å². The van der Waals surface area contributed by atoms with E-state index in [0.717, 1.165) is 11.6 Å². The molecule has 1 N–H and O–H groups in total. The lowest BCUT2D eigenvalue weighted by Crippen LogP contribution is -2.52. The molecular formula is C24H19ClF2N2O3. The highest BCUT2D eigenvalue weighted by Crippen LogP contribution is 2.39. The van der Waals surface area contributed by atoms with E-state index in [2.05, 4.69) is 5.32 Å². The first-order valence-electron chi connectivity index (χ1n) is 9.80. The Balaban J connectivity index is 1.66. The number of ether oxygens (including phenoxy) is 1. The molecule has 0 radical (unpaired) electrons. The summed E-state index contributed by atoms with van der Waals surface area (Å²) >= 11 is 5.78. The van der Waals surface area contributed by atoms with E-state index in [0.29, 0.717) is 17.1 Å². The van der Waals surface area contributed by atoms with Crippen LogP contribution in [0, 0.1) is 11.6 Å². The molecule has 0 aliphatic carbocycles. The molecule has 0 saturated heterocycles. The number of rotatable bonds is 4. The quantitative estimate of drug-likeness (QED) is 0.558. The van der Waals surface area contributed by atoms with Gasteiger partial charge in [0.05, 0.1) is 17.3 Å². The summed E-state index contributed by atoms with van der Waals surface area (Å²) in [7, 11) is 0. The molecule has 0 atom stereocenters. The smallest absolute Gasteiger partial charge is 0.271 e. The summed E-state index contributed by atoms with van der Waals surface area (Å²) in [5, 5.41) is 2.54. The molecule has 0 saturated carbocycles. The zero-order valence-electron chi connectivity index (χ0n) is 17.3.